The SMILES string of the molecule is CC1CCN(C(=O)COc2ccc(C(=O)NC3CCCC3)cc2)CC1. The van der Waals surface area contributed by atoms with Gasteiger partial charge in [0.25, 0.3) is 11.8 Å². The number of hydrogen-bond acceptors (Lipinski definition) is 3. The van der Waals surface area contributed by atoms with Crippen molar-refractivity contribution in [1.29, 1.82) is 0 Å². The molecule has 1 saturated heterocycles. The Hall–Kier alpha value is -2.04. The molecular formula is C20H28N2O3. The quantitative estimate of drug-likeness (QED) is 0.893. The van der Waals surface area contributed by atoms with Gasteiger partial charge < -0.3 is 15.0 Å². The van der Waals surface area contributed by atoms with Gasteiger partial charge in [0.05, 0.1) is 0 Å². The monoisotopic (exact) mass is 344 g/mol. The standard InChI is InChI=1S/C20H28N2O3/c1-15-10-12-22(13-11-15)19(23)14-25-18-8-6-16(7-9-18)20(24)21-17-4-2-3-5-17/h6-9,15,17H,2-5,10-14H2,1H3,(H,21,24). The van der Waals surface area contributed by atoms with E-state index in [0.717, 1.165) is 38.8 Å². The highest BCUT2D eigenvalue weighted by Crippen LogP contribution is 2.19. The molecule has 0 unspecified atom stereocenters. The van der Waals surface area contributed by atoms with Gasteiger partial charge in [-0.05, 0) is 55.9 Å². The van der Waals surface area contributed by atoms with E-state index in [0.29, 0.717) is 23.3 Å². The molecular weight excluding hydrogens is 316 g/mol. The molecule has 1 aromatic carbocycles. The molecule has 2 fully saturated rings. The van der Waals surface area contributed by atoms with Crippen molar-refractivity contribution in [3.63, 3.8) is 0 Å². The summed E-state index contributed by atoms with van der Waals surface area (Å²) < 4.78 is 5.59. The van der Waals surface area contributed by atoms with E-state index in [1.165, 1.54) is 12.8 Å². The van der Waals surface area contributed by atoms with Crippen molar-refractivity contribution in [1.82, 2.24) is 10.2 Å². The topological polar surface area (TPSA) is 58.6 Å². The first-order valence-corrected chi connectivity index (χ1v) is 9.43. The lowest BCUT2D eigenvalue weighted by Gasteiger charge is -2.30. The highest BCUT2D eigenvalue weighted by molar-refractivity contribution is 5.94. The van der Waals surface area contributed by atoms with Gasteiger partial charge >= 0.3 is 0 Å². The van der Waals surface area contributed by atoms with Crippen molar-refractivity contribution in [3.05, 3.63) is 29.8 Å². The molecule has 25 heavy (non-hydrogen) atoms. The Bertz CT molecular complexity index is 585. The number of piperidine rings is 1. The molecule has 1 aliphatic heterocycles. The molecule has 5 heteroatoms. The molecule has 1 aliphatic carbocycles. The molecule has 1 aromatic rings. The van der Waals surface area contributed by atoms with E-state index in [4.69, 9.17) is 4.74 Å². The largest absolute Gasteiger partial charge is 0.484 e. The minimum Gasteiger partial charge on any atom is -0.484 e. The van der Waals surface area contributed by atoms with Crippen LogP contribution in [0.3, 0.4) is 0 Å². The minimum atomic E-state index is -0.0306. The average molecular weight is 344 g/mol. The van der Waals surface area contributed by atoms with Crippen LogP contribution in [0.5, 0.6) is 5.75 Å². The molecule has 0 bridgehead atoms. The normalized spacial score (nSPS) is 19.0. The van der Waals surface area contributed by atoms with E-state index in [1.807, 2.05) is 4.90 Å². The second-order valence-electron chi connectivity index (χ2n) is 7.33. The number of amides is 2. The molecule has 0 spiro atoms. The van der Waals surface area contributed by atoms with E-state index < -0.39 is 0 Å². The van der Waals surface area contributed by atoms with E-state index in [-0.39, 0.29) is 18.4 Å². The molecule has 0 atom stereocenters. The van der Waals surface area contributed by atoms with Crippen LogP contribution in [0, 0.1) is 5.92 Å². The number of carbonyl (C=O) groups excluding carboxylic acids is 2. The summed E-state index contributed by atoms with van der Waals surface area (Å²) in [6.07, 6.45) is 6.67. The molecule has 2 amide bonds. The van der Waals surface area contributed by atoms with Crippen LogP contribution in [-0.4, -0.2) is 42.5 Å². The van der Waals surface area contributed by atoms with Crippen LogP contribution in [0.4, 0.5) is 0 Å². The Labute approximate surface area is 149 Å². The second kappa shape index (κ2) is 8.37. The molecule has 1 N–H and O–H groups in total. The van der Waals surface area contributed by atoms with Gasteiger partial charge in [0, 0.05) is 24.7 Å². The third-order valence-electron chi connectivity index (χ3n) is 5.31. The summed E-state index contributed by atoms with van der Waals surface area (Å²) in [6.45, 7) is 3.93. The Morgan fingerprint density at radius 1 is 1.08 bits per heavy atom. The third-order valence-corrected chi connectivity index (χ3v) is 5.31. The highest BCUT2D eigenvalue weighted by Gasteiger charge is 2.21. The summed E-state index contributed by atoms with van der Waals surface area (Å²) in [6, 6.07) is 7.34. The first-order chi connectivity index (χ1) is 12.1. The summed E-state index contributed by atoms with van der Waals surface area (Å²) in [7, 11) is 0. The number of carbonyl (C=O) groups is 2. The summed E-state index contributed by atoms with van der Waals surface area (Å²) >= 11 is 0. The van der Waals surface area contributed by atoms with Crippen LogP contribution in [-0.2, 0) is 4.79 Å². The Balaban J connectivity index is 1.45. The summed E-state index contributed by atoms with van der Waals surface area (Å²) in [4.78, 5) is 26.3. The fourth-order valence-corrected chi connectivity index (χ4v) is 3.54. The van der Waals surface area contributed by atoms with E-state index in [9.17, 15) is 9.59 Å². The van der Waals surface area contributed by atoms with Crippen molar-refractivity contribution in [3.8, 4) is 5.75 Å². The second-order valence-corrected chi connectivity index (χ2v) is 7.33. The lowest BCUT2D eigenvalue weighted by atomic mass is 9.99. The van der Waals surface area contributed by atoms with Crippen LogP contribution >= 0.6 is 0 Å². The van der Waals surface area contributed by atoms with Gasteiger partial charge in [0.1, 0.15) is 5.75 Å². The molecule has 5 nitrogen and oxygen atoms in total. The fraction of sp³-hybridized carbons (Fsp3) is 0.600. The molecule has 1 heterocycles. The third kappa shape index (κ3) is 4.97. The molecule has 0 radical (unpaired) electrons. The molecule has 3 rings (SSSR count). The first-order valence-electron chi connectivity index (χ1n) is 9.43. The van der Waals surface area contributed by atoms with Crippen molar-refractivity contribution < 1.29 is 14.3 Å². The Morgan fingerprint density at radius 3 is 2.36 bits per heavy atom. The van der Waals surface area contributed by atoms with Gasteiger partial charge in [-0.1, -0.05) is 19.8 Å². The summed E-state index contributed by atoms with van der Waals surface area (Å²) in [5.74, 6) is 1.33. The van der Waals surface area contributed by atoms with Gasteiger partial charge in [0.15, 0.2) is 6.61 Å². The maximum absolute atomic E-state index is 12.2. The number of rotatable bonds is 5. The van der Waals surface area contributed by atoms with Crippen LogP contribution < -0.4 is 10.1 Å². The van der Waals surface area contributed by atoms with Gasteiger partial charge in [-0.3, -0.25) is 9.59 Å². The summed E-state index contributed by atoms with van der Waals surface area (Å²) in [5.41, 5.74) is 0.635. The van der Waals surface area contributed by atoms with Crippen LogP contribution in [0.1, 0.15) is 55.8 Å². The minimum absolute atomic E-state index is 0.0306. The number of benzene rings is 1. The van der Waals surface area contributed by atoms with E-state index >= 15 is 0 Å². The lowest BCUT2D eigenvalue weighted by molar-refractivity contribution is -0.134. The number of ether oxygens (including phenoxy) is 1. The number of nitrogens with one attached hydrogen (secondary N) is 1. The maximum atomic E-state index is 12.2. The lowest BCUT2D eigenvalue weighted by Crippen LogP contribution is -2.40. The molecule has 1 saturated carbocycles. The Morgan fingerprint density at radius 2 is 1.72 bits per heavy atom. The van der Waals surface area contributed by atoms with Crippen LogP contribution in [0.25, 0.3) is 0 Å². The van der Waals surface area contributed by atoms with Gasteiger partial charge in [-0.15, -0.1) is 0 Å². The fourth-order valence-electron chi connectivity index (χ4n) is 3.54. The van der Waals surface area contributed by atoms with E-state index in [1.54, 1.807) is 24.3 Å². The summed E-state index contributed by atoms with van der Waals surface area (Å²) in [5, 5.41) is 3.07. The van der Waals surface area contributed by atoms with Gasteiger partial charge in [-0.25, -0.2) is 0 Å². The molecule has 2 aliphatic rings. The number of nitrogens with zero attached hydrogens (tertiary/aromatic N) is 1. The zero-order chi connectivity index (χ0) is 17.6. The maximum Gasteiger partial charge on any atom is 0.260 e. The highest BCUT2D eigenvalue weighted by atomic mass is 16.5. The number of hydrogen-bond donors (Lipinski definition) is 1. The van der Waals surface area contributed by atoms with Crippen LogP contribution in [0.15, 0.2) is 24.3 Å². The molecule has 136 valence electrons. The molecule has 0 aromatic heterocycles. The van der Waals surface area contributed by atoms with Crippen molar-refractivity contribution in [2.75, 3.05) is 19.7 Å². The predicted molar refractivity (Wildman–Crippen MR) is 96.6 cm³/mol. The van der Waals surface area contributed by atoms with Gasteiger partial charge in [0.2, 0.25) is 0 Å². The van der Waals surface area contributed by atoms with Crippen molar-refractivity contribution >= 4 is 11.8 Å². The number of likely N-dealkylation sites (tertiary alicyclic amines) is 1. The zero-order valence-corrected chi connectivity index (χ0v) is 15.0. The van der Waals surface area contributed by atoms with E-state index in [2.05, 4.69) is 12.2 Å². The van der Waals surface area contributed by atoms with Crippen molar-refractivity contribution in [2.45, 2.75) is 51.5 Å². The van der Waals surface area contributed by atoms with Crippen LogP contribution in [0.2, 0.25) is 0 Å². The first kappa shape index (κ1) is 17.8. The zero-order valence-electron chi connectivity index (χ0n) is 15.0. The van der Waals surface area contributed by atoms with Gasteiger partial charge in [-0.2, -0.15) is 0 Å². The average Bonchev–Trinajstić information content (AvgIpc) is 3.13. The Kier molecular flexibility index (Phi) is 5.95. The predicted octanol–water partition coefficient (Wildman–Crippen LogP) is 3.00. The van der Waals surface area contributed by atoms with Crippen molar-refractivity contribution in [2.24, 2.45) is 5.92 Å². The smallest absolute Gasteiger partial charge is 0.260 e.